The molecule has 1 unspecified atom stereocenters. The molecule has 0 spiro atoms. The molecular weight excluding hydrogens is 479 g/mol. The van der Waals surface area contributed by atoms with Gasteiger partial charge in [-0.1, -0.05) is 35.3 Å². The van der Waals surface area contributed by atoms with Gasteiger partial charge in [0.2, 0.25) is 0 Å². The van der Waals surface area contributed by atoms with Crippen LogP contribution in [0.2, 0.25) is 10.0 Å². The van der Waals surface area contributed by atoms with E-state index in [1.54, 1.807) is 12.1 Å². The zero-order valence-corrected chi connectivity index (χ0v) is 19.1. The highest BCUT2D eigenvalue weighted by atomic mass is 35.5. The molecule has 3 aromatic carbocycles. The lowest BCUT2D eigenvalue weighted by Gasteiger charge is -2.25. The molecule has 9 heteroatoms. The maximum absolute atomic E-state index is 13.2. The van der Waals surface area contributed by atoms with Gasteiger partial charge in [0.15, 0.2) is 5.75 Å². The molecule has 1 atom stereocenters. The molecule has 1 amide bonds. The molecule has 1 saturated heterocycles. The predicted octanol–water partition coefficient (Wildman–Crippen LogP) is 5.21. The average Bonchev–Trinajstić information content (AvgIpc) is 3.09. The summed E-state index contributed by atoms with van der Waals surface area (Å²) in [5.74, 6) is -2.20. The summed E-state index contributed by atoms with van der Waals surface area (Å²) in [7, 11) is 1.39. The van der Waals surface area contributed by atoms with Gasteiger partial charge in [0, 0.05) is 11.3 Å². The van der Waals surface area contributed by atoms with E-state index in [1.807, 2.05) is 6.07 Å². The number of phenolic OH excluding ortho intramolecular Hbond substituents is 1. The number of anilines is 1. The first-order valence-corrected chi connectivity index (χ1v) is 10.7. The van der Waals surface area contributed by atoms with Crippen molar-refractivity contribution in [2.24, 2.45) is 0 Å². The molecule has 170 valence electrons. The van der Waals surface area contributed by atoms with Crippen molar-refractivity contribution in [1.82, 2.24) is 0 Å². The molecule has 0 aliphatic carbocycles. The van der Waals surface area contributed by atoms with Crippen LogP contribution in [0, 0.1) is 11.3 Å². The third-order valence-corrected chi connectivity index (χ3v) is 5.94. The van der Waals surface area contributed by atoms with Crippen LogP contribution < -0.4 is 9.64 Å². The van der Waals surface area contributed by atoms with Crippen LogP contribution >= 0.6 is 23.2 Å². The number of aromatic hydroxyl groups is 1. The Hall–Kier alpha value is -3.99. The van der Waals surface area contributed by atoms with E-state index in [4.69, 9.17) is 33.2 Å². The standard InChI is InChI=1S/C25H16Cl2N2O5/c1-34-24-18(26)10-15(11-19(24)27)22(31)20-21(14-3-2-4-17(30)9-14)29(25(33)23(20)32)16-7-5-13(12-28)6-8-16/h2-11,21,30-31H,1H3/b22-20+. The fourth-order valence-electron chi connectivity index (χ4n) is 3.85. The molecule has 2 N–H and O–H groups in total. The Morgan fingerprint density at radius 3 is 2.26 bits per heavy atom. The van der Waals surface area contributed by atoms with Crippen molar-refractivity contribution in [2.75, 3.05) is 12.0 Å². The third kappa shape index (κ3) is 3.94. The Balaban J connectivity index is 1.96. The van der Waals surface area contributed by atoms with Crippen LogP contribution in [-0.2, 0) is 9.59 Å². The van der Waals surface area contributed by atoms with Gasteiger partial charge in [0.05, 0.1) is 40.4 Å². The van der Waals surface area contributed by atoms with Gasteiger partial charge in [0.1, 0.15) is 11.5 Å². The fourth-order valence-corrected chi connectivity index (χ4v) is 4.49. The van der Waals surface area contributed by atoms with Gasteiger partial charge in [-0.25, -0.2) is 0 Å². The van der Waals surface area contributed by atoms with Crippen LogP contribution in [0.25, 0.3) is 5.76 Å². The number of nitrogens with zero attached hydrogens (tertiary/aromatic N) is 2. The minimum atomic E-state index is -1.07. The van der Waals surface area contributed by atoms with E-state index in [0.29, 0.717) is 16.8 Å². The van der Waals surface area contributed by atoms with Crippen LogP contribution in [-0.4, -0.2) is 29.0 Å². The Bertz CT molecular complexity index is 1370. The fraction of sp³-hybridized carbons (Fsp3) is 0.0800. The van der Waals surface area contributed by atoms with E-state index in [9.17, 15) is 19.8 Å². The minimum absolute atomic E-state index is 0.0848. The lowest BCUT2D eigenvalue weighted by Crippen LogP contribution is -2.29. The van der Waals surface area contributed by atoms with Gasteiger partial charge < -0.3 is 14.9 Å². The zero-order valence-electron chi connectivity index (χ0n) is 17.6. The Morgan fingerprint density at radius 1 is 1.06 bits per heavy atom. The van der Waals surface area contributed by atoms with Gasteiger partial charge in [0.25, 0.3) is 11.7 Å². The second-order valence-corrected chi connectivity index (χ2v) is 8.21. The minimum Gasteiger partial charge on any atom is -0.508 e. The number of amides is 1. The van der Waals surface area contributed by atoms with E-state index in [-0.39, 0.29) is 32.7 Å². The molecular formula is C25H16Cl2N2O5. The van der Waals surface area contributed by atoms with Crippen molar-refractivity contribution in [3.63, 3.8) is 0 Å². The summed E-state index contributed by atoms with van der Waals surface area (Å²) < 4.78 is 5.13. The summed E-state index contributed by atoms with van der Waals surface area (Å²) in [5.41, 5.74) is 0.989. The van der Waals surface area contributed by atoms with E-state index < -0.39 is 23.5 Å². The Kier molecular flexibility index (Phi) is 6.20. The number of hydrogen-bond acceptors (Lipinski definition) is 6. The second-order valence-electron chi connectivity index (χ2n) is 7.40. The van der Waals surface area contributed by atoms with E-state index in [2.05, 4.69) is 0 Å². The van der Waals surface area contributed by atoms with Crippen molar-refractivity contribution in [2.45, 2.75) is 6.04 Å². The highest BCUT2D eigenvalue weighted by Gasteiger charge is 2.47. The lowest BCUT2D eigenvalue weighted by molar-refractivity contribution is -0.132. The molecule has 0 bridgehead atoms. The van der Waals surface area contributed by atoms with Crippen LogP contribution in [0.15, 0.2) is 66.2 Å². The van der Waals surface area contributed by atoms with Crippen molar-refractivity contribution >= 4 is 46.3 Å². The number of carbonyl (C=O) groups excluding carboxylic acids is 2. The number of ether oxygens (including phenoxy) is 1. The number of benzene rings is 3. The second kappa shape index (κ2) is 9.10. The highest BCUT2D eigenvalue weighted by molar-refractivity contribution is 6.51. The first-order valence-electron chi connectivity index (χ1n) is 9.90. The summed E-state index contributed by atoms with van der Waals surface area (Å²) in [6.07, 6.45) is 0. The van der Waals surface area contributed by atoms with Gasteiger partial charge in [-0.3, -0.25) is 14.5 Å². The van der Waals surface area contributed by atoms with Crippen molar-refractivity contribution in [1.29, 1.82) is 5.26 Å². The molecule has 1 aliphatic heterocycles. The van der Waals surface area contributed by atoms with Crippen LogP contribution in [0.4, 0.5) is 5.69 Å². The smallest absolute Gasteiger partial charge is 0.300 e. The van der Waals surface area contributed by atoms with Crippen LogP contribution in [0.1, 0.15) is 22.7 Å². The number of phenols is 1. The normalized spacial score (nSPS) is 17.0. The molecule has 0 saturated carbocycles. The number of aliphatic hydroxyl groups is 1. The maximum atomic E-state index is 13.2. The predicted molar refractivity (Wildman–Crippen MR) is 127 cm³/mol. The highest BCUT2D eigenvalue weighted by Crippen LogP contribution is 2.44. The van der Waals surface area contributed by atoms with Gasteiger partial charge in [-0.15, -0.1) is 0 Å². The molecule has 34 heavy (non-hydrogen) atoms. The Labute approximate surface area is 204 Å². The summed E-state index contributed by atoms with van der Waals surface area (Å²) in [6, 6.07) is 15.8. The van der Waals surface area contributed by atoms with Crippen molar-refractivity contribution in [3.05, 3.63) is 93.0 Å². The van der Waals surface area contributed by atoms with Crippen molar-refractivity contribution < 1.29 is 24.5 Å². The lowest BCUT2D eigenvalue weighted by atomic mass is 9.95. The number of Topliss-reactive ketones (excluding diaryl/α,β-unsaturated/α-hetero) is 1. The molecule has 7 nitrogen and oxygen atoms in total. The molecule has 0 aromatic heterocycles. The van der Waals surface area contributed by atoms with E-state index >= 15 is 0 Å². The van der Waals surface area contributed by atoms with Crippen molar-refractivity contribution in [3.8, 4) is 17.6 Å². The number of ketones is 1. The van der Waals surface area contributed by atoms with Gasteiger partial charge >= 0.3 is 0 Å². The van der Waals surface area contributed by atoms with Crippen LogP contribution in [0.3, 0.4) is 0 Å². The van der Waals surface area contributed by atoms with Gasteiger partial charge in [-0.05, 0) is 54.1 Å². The quantitative estimate of drug-likeness (QED) is 0.292. The third-order valence-electron chi connectivity index (χ3n) is 5.38. The monoisotopic (exact) mass is 494 g/mol. The summed E-state index contributed by atoms with van der Waals surface area (Å²) in [5, 5.41) is 30.5. The molecule has 1 aliphatic rings. The summed E-state index contributed by atoms with van der Waals surface area (Å²) in [4.78, 5) is 27.5. The number of nitriles is 1. The largest absolute Gasteiger partial charge is 0.508 e. The Morgan fingerprint density at radius 2 is 1.71 bits per heavy atom. The maximum Gasteiger partial charge on any atom is 0.300 e. The van der Waals surface area contributed by atoms with E-state index in [0.717, 1.165) is 0 Å². The summed E-state index contributed by atoms with van der Waals surface area (Å²) >= 11 is 12.4. The number of hydrogen-bond donors (Lipinski definition) is 2. The molecule has 3 aromatic rings. The SMILES string of the molecule is COc1c(Cl)cc(/C(O)=C2\C(=O)C(=O)N(c3ccc(C#N)cc3)C2c2cccc(O)c2)cc1Cl. The van der Waals surface area contributed by atoms with Crippen LogP contribution in [0.5, 0.6) is 11.5 Å². The first kappa shape index (κ1) is 23.2. The number of carbonyl (C=O) groups is 2. The van der Waals surface area contributed by atoms with Gasteiger partial charge in [-0.2, -0.15) is 5.26 Å². The molecule has 4 rings (SSSR count). The number of rotatable bonds is 4. The average molecular weight is 495 g/mol. The van der Waals surface area contributed by atoms with E-state index in [1.165, 1.54) is 60.5 Å². The molecule has 1 heterocycles. The first-order chi connectivity index (χ1) is 16.3. The number of methoxy groups -OCH3 is 1. The molecule has 0 radical (unpaired) electrons. The number of halogens is 2. The number of aliphatic hydroxyl groups excluding tert-OH is 1. The topological polar surface area (TPSA) is 111 Å². The molecule has 1 fully saturated rings. The summed E-state index contributed by atoms with van der Waals surface area (Å²) in [6.45, 7) is 0. The zero-order chi connectivity index (χ0) is 24.6.